The summed E-state index contributed by atoms with van der Waals surface area (Å²) in [5.41, 5.74) is 4.14. The van der Waals surface area contributed by atoms with Gasteiger partial charge in [-0.3, -0.25) is 14.8 Å². The fourth-order valence-electron chi connectivity index (χ4n) is 3.55. The van der Waals surface area contributed by atoms with Crippen molar-refractivity contribution in [2.45, 2.75) is 12.5 Å². The summed E-state index contributed by atoms with van der Waals surface area (Å²) in [7, 11) is 0. The van der Waals surface area contributed by atoms with Crippen molar-refractivity contribution in [2.75, 3.05) is 0 Å². The average molecular weight is 403 g/mol. The molecule has 142 valence electrons. The predicted molar refractivity (Wildman–Crippen MR) is 110 cm³/mol. The third-order valence-corrected chi connectivity index (χ3v) is 5.17. The lowest BCUT2D eigenvalue weighted by Crippen LogP contribution is -2.27. The number of hydrazone groups is 1. The van der Waals surface area contributed by atoms with Gasteiger partial charge in [-0.1, -0.05) is 35.9 Å². The highest BCUT2D eigenvalue weighted by molar-refractivity contribution is 6.30. The molecule has 4 aromatic rings. The molecule has 0 radical (unpaired) electrons. The van der Waals surface area contributed by atoms with Gasteiger partial charge in [0.1, 0.15) is 0 Å². The van der Waals surface area contributed by atoms with E-state index in [1.165, 1.54) is 11.3 Å². The second-order valence-corrected chi connectivity index (χ2v) is 7.11. The number of carbonyl (C=O) groups excluding carboxylic acids is 1. The van der Waals surface area contributed by atoms with Crippen molar-refractivity contribution in [3.8, 4) is 0 Å². The maximum Gasteiger partial charge on any atom is 0.310 e. The maximum atomic E-state index is 13.1. The van der Waals surface area contributed by atoms with Crippen molar-refractivity contribution in [3.05, 3.63) is 95.2 Å². The van der Waals surface area contributed by atoms with Gasteiger partial charge in [-0.15, -0.1) is 0 Å². The smallest absolute Gasteiger partial charge is 0.310 e. The fraction of sp³-hybridized carbons (Fsp3) is 0.0909. The molecule has 0 N–H and O–H groups in total. The van der Waals surface area contributed by atoms with E-state index >= 15 is 0 Å². The fourth-order valence-corrected chi connectivity index (χ4v) is 3.68. The Labute approximate surface area is 171 Å². The van der Waals surface area contributed by atoms with Crippen LogP contribution in [0.2, 0.25) is 5.02 Å². The van der Waals surface area contributed by atoms with Gasteiger partial charge in [0.05, 0.1) is 29.1 Å². The van der Waals surface area contributed by atoms with Gasteiger partial charge in [0.25, 0.3) is 0 Å². The van der Waals surface area contributed by atoms with Crippen LogP contribution in [0, 0.1) is 0 Å². The third-order valence-electron chi connectivity index (χ3n) is 4.92. The molecule has 0 bridgehead atoms. The lowest BCUT2D eigenvalue weighted by atomic mass is 9.97. The lowest BCUT2D eigenvalue weighted by molar-refractivity contribution is 0.0679. The highest BCUT2D eigenvalue weighted by Crippen LogP contribution is 2.36. The molecule has 29 heavy (non-hydrogen) atoms. The summed E-state index contributed by atoms with van der Waals surface area (Å²) in [6.07, 6.45) is 5.33. The summed E-state index contributed by atoms with van der Waals surface area (Å²) in [5, 5.41) is 6.79. The van der Waals surface area contributed by atoms with Crippen molar-refractivity contribution in [3.63, 3.8) is 0 Å². The van der Waals surface area contributed by atoms with Gasteiger partial charge in [0.15, 0.2) is 5.76 Å². The van der Waals surface area contributed by atoms with E-state index in [0.717, 1.165) is 27.9 Å². The van der Waals surface area contributed by atoms with Gasteiger partial charge in [0, 0.05) is 29.4 Å². The molecular weight excluding hydrogens is 388 g/mol. The Bertz CT molecular complexity index is 1210. The van der Waals surface area contributed by atoms with Crippen LogP contribution >= 0.6 is 11.6 Å². The van der Waals surface area contributed by atoms with E-state index in [-0.39, 0.29) is 17.7 Å². The molecule has 1 amide bonds. The molecule has 2 aromatic heterocycles. The minimum atomic E-state index is -0.321. The predicted octanol–water partition coefficient (Wildman–Crippen LogP) is 4.87. The van der Waals surface area contributed by atoms with Crippen LogP contribution in [0.25, 0.3) is 11.0 Å². The summed E-state index contributed by atoms with van der Waals surface area (Å²) in [6.45, 7) is 0. The molecule has 2 aromatic carbocycles. The molecule has 0 unspecified atom stereocenters. The molecule has 0 saturated carbocycles. The Morgan fingerprint density at radius 2 is 1.86 bits per heavy atom. The topological polar surface area (TPSA) is 71.6 Å². The summed E-state index contributed by atoms with van der Waals surface area (Å²) in [6, 6.07) is 16.2. The Morgan fingerprint density at radius 3 is 2.66 bits per heavy atom. The first-order valence-electron chi connectivity index (χ1n) is 9.11. The third kappa shape index (κ3) is 3.17. The van der Waals surface area contributed by atoms with E-state index in [4.69, 9.17) is 16.0 Å². The van der Waals surface area contributed by atoms with E-state index in [1.54, 1.807) is 24.5 Å². The summed E-state index contributed by atoms with van der Waals surface area (Å²) in [4.78, 5) is 22.0. The quantitative estimate of drug-likeness (QED) is 0.490. The number of hydrogen-bond acceptors (Lipinski definition) is 5. The summed E-state index contributed by atoms with van der Waals surface area (Å²) < 4.78 is 5.33. The van der Waals surface area contributed by atoms with Crippen LogP contribution in [-0.2, 0) is 0 Å². The Kier molecular flexibility index (Phi) is 4.33. The van der Waals surface area contributed by atoms with Gasteiger partial charge in [0.2, 0.25) is 0 Å². The monoisotopic (exact) mass is 402 g/mol. The second kappa shape index (κ2) is 7.14. The highest BCUT2D eigenvalue weighted by Gasteiger charge is 2.35. The molecule has 1 atom stereocenters. The number of furan rings is 1. The highest BCUT2D eigenvalue weighted by atomic mass is 35.5. The van der Waals surface area contributed by atoms with Crippen LogP contribution in [0.15, 0.2) is 82.8 Å². The number of hydrogen-bond donors (Lipinski definition) is 0. The standard InChI is InChI=1S/C22H15ClN4O2/c23-15-8-6-14(7-9-15)18-13-19(27(26-18)22(28)20-5-2-12-29-20)16-3-1-4-17-21(16)25-11-10-24-17/h1-12,19H,13H2/t19-/m0/s1. The van der Waals surface area contributed by atoms with Crippen LogP contribution in [0.5, 0.6) is 0 Å². The van der Waals surface area contributed by atoms with E-state index < -0.39 is 0 Å². The molecule has 7 heteroatoms. The van der Waals surface area contributed by atoms with E-state index in [2.05, 4.69) is 15.1 Å². The van der Waals surface area contributed by atoms with Gasteiger partial charge >= 0.3 is 5.91 Å². The van der Waals surface area contributed by atoms with Crippen LogP contribution in [0.3, 0.4) is 0 Å². The lowest BCUT2D eigenvalue weighted by Gasteiger charge is -2.21. The second-order valence-electron chi connectivity index (χ2n) is 6.67. The number of fused-ring (bicyclic) bond motifs is 1. The number of rotatable bonds is 3. The zero-order valence-electron chi connectivity index (χ0n) is 15.2. The molecule has 1 aliphatic rings. The molecule has 1 aliphatic heterocycles. The molecule has 0 spiro atoms. The number of nitrogens with zero attached hydrogens (tertiary/aromatic N) is 4. The molecule has 3 heterocycles. The molecule has 0 saturated heterocycles. The van der Waals surface area contributed by atoms with Crippen LogP contribution < -0.4 is 0 Å². The normalized spacial score (nSPS) is 16.2. The first kappa shape index (κ1) is 17.6. The number of benzene rings is 2. The minimum Gasteiger partial charge on any atom is -0.459 e. The number of para-hydroxylation sites is 1. The van der Waals surface area contributed by atoms with Crippen molar-refractivity contribution < 1.29 is 9.21 Å². The van der Waals surface area contributed by atoms with Crippen LogP contribution in [-0.4, -0.2) is 26.6 Å². The number of halogens is 1. The summed E-state index contributed by atoms with van der Waals surface area (Å²) >= 11 is 6.02. The van der Waals surface area contributed by atoms with Crippen molar-refractivity contribution in [1.29, 1.82) is 0 Å². The number of aromatic nitrogens is 2. The van der Waals surface area contributed by atoms with Gasteiger partial charge in [-0.05, 0) is 35.9 Å². The molecule has 5 rings (SSSR count). The Balaban J connectivity index is 1.61. The molecule has 0 fully saturated rings. The molecule has 6 nitrogen and oxygen atoms in total. The minimum absolute atomic E-state index is 0.238. The average Bonchev–Trinajstić information content (AvgIpc) is 3.44. The Hall–Kier alpha value is -3.51. The van der Waals surface area contributed by atoms with E-state index in [1.807, 2.05) is 42.5 Å². The molecule has 0 aliphatic carbocycles. The Morgan fingerprint density at radius 1 is 1.03 bits per heavy atom. The first-order chi connectivity index (χ1) is 14.2. The van der Waals surface area contributed by atoms with Gasteiger partial charge < -0.3 is 4.42 Å². The van der Waals surface area contributed by atoms with Crippen molar-refractivity contribution >= 4 is 34.3 Å². The summed E-state index contributed by atoms with van der Waals surface area (Å²) in [5.74, 6) is -0.0627. The number of amides is 1. The maximum absolute atomic E-state index is 13.1. The van der Waals surface area contributed by atoms with Crippen molar-refractivity contribution in [1.82, 2.24) is 15.0 Å². The van der Waals surface area contributed by atoms with Crippen LogP contribution in [0.1, 0.15) is 34.1 Å². The SMILES string of the molecule is O=C(c1ccco1)N1N=C(c2ccc(Cl)cc2)C[C@H]1c1cccc2nccnc12. The first-order valence-corrected chi connectivity index (χ1v) is 9.48. The van der Waals surface area contributed by atoms with Gasteiger partial charge in [-0.2, -0.15) is 5.10 Å². The van der Waals surface area contributed by atoms with Crippen molar-refractivity contribution in [2.24, 2.45) is 5.10 Å². The van der Waals surface area contributed by atoms with Crippen LogP contribution in [0.4, 0.5) is 0 Å². The van der Waals surface area contributed by atoms with E-state index in [0.29, 0.717) is 11.4 Å². The largest absolute Gasteiger partial charge is 0.459 e. The molecular formula is C22H15ClN4O2. The van der Waals surface area contributed by atoms with E-state index in [9.17, 15) is 4.79 Å². The van der Waals surface area contributed by atoms with Gasteiger partial charge in [-0.25, -0.2) is 5.01 Å². The zero-order chi connectivity index (χ0) is 19.8. The zero-order valence-corrected chi connectivity index (χ0v) is 16.0. The number of carbonyl (C=O) groups is 1.